The van der Waals surface area contributed by atoms with Crippen LogP contribution < -0.4 is 0 Å². The van der Waals surface area contributed by atoms with Gasteiger partial charge in [-0.05, 0) is 17.4 Å². The summed E-state index contributed by atoms with van der Waals surface area (Å²) < 4.78 is 0. The molecule has 1 aromatic rings. The van der Waals surface area contributed by atoms with Crippen LogP contribution in [0.1, 0.15) is 25.8 Å². The van der Waals surface area contributed by atoms with E-state index >= 15 is 0 Å². The molecule has 0 heterocycles. The first-order valence-corrected chi connectivity index (χ1v) is 5.32. The molecular weight excluding hydrogens is 192 g/mol. The van der Waals surface area contributed by atoms with Crippen molar-refractivity contribution in [2.24, 2.45) is 0 Å². The summed E-state index contributed by atoms with van der Waals surface area (Å²) in [6.07, 6.45) is 2.72. The van der Waals surface area contributed by atoms with Gasteiger partial charge in [-0.25, -0.2) is 0 Å². The van der Waals surface area contributed by atoms with Gasteiger partial charge in [-0.1, -0.05) is 50.3 Å². The summed E-state index contributed by atoms with van der Waals surface area (Å²) >= 11 is 6.08. The summed E-state index contributed by atoms with van der Waals surface area (Å²) in [5, 5.41) is 0.0465. The molecule has 0 aliphatic rings. The minimum Gasteiger partial charge on any atom is -0.118 e. The number of hydrogen-bond acceptors (Lipinski definition) is 0. The van der Waals surface area contributed by atoms with Crippen LogP contribution in [0.2, 0.25) is 0 Å². The van der Waals surface area contributed by atoms with Crippen LogP contribution in [0.15, 0.2) is 43.0 Å². The van der Waals surface area contributed by atoms with Crippen molar-refractivity contribution in [3.63, 3.8) is 0 Å². The van der Waals surface area contributed by atoms with Crippen LogP contribution in [0.3, 0.4) is 0 Å². The highest BCUT2D eigenvalue weighted by molar-refractivity contribution is 6.21. The maximum Gasteiger partial charge on any atom is 0.0521 e. The second kappa shape index (κ2) is 4.65. The van der Waals surface area contributed by atoms with Crippen molar-refractivity contribution < 1.29 is 0 Å². The topological polar surface area (TPSA) is 0 Å². The highest BCUT2D eigenvalue weighted by atomic mass is 35.5. The second-order valence-corrected chi connectivity index (χ2v) is 4.77. The molecule has 0 aliphatic carbocycles. The first kappa shape index (κ1) is 11.3. The Morgan fingerprint density at radius 1 is 1.36 bits per heavy atom. The van der Waals surface area contributed by atoms with E-state index in [0.717, 1.165) is 6.42 Å². The molecule has 0 aliphatic heterocycles. The largest absolute Gasteiger partial charge is 0.118 e. The molecule has 0 aromatic heterocycles. The number of benzene rings is 1. The van der Waals surface area contributed by atoms with E-state index in [1.165, 1.54) is 5.56 Å². The van der Waals surface area contributed by atoms with Crippen LogP contribution in [0.4, 0.5) is 0 Å². The number of rotatable bonds is 4. The Labute approximate surface area is 91.6 Å². The zero-order chi connectivity index (χ0) is 10.6. The molecule has 1 atom stereocenters. The molecule has 0 amide bonds. The van der Waals surface area contributed by atoms with Crippen LogP contribution in [-0.4, -0.2) is 5.38 Å². The zero-order valence-corrected chi connectivity index (χ0v) is 9.59. The fourth-order valence-electron chi connectivity index (χ4n) is 1.58. The summed E-state index contributed by atoms with van der Waals surface area (Å²) in [6.45, 7) is 8.13. The van der Waals surface area contributed by atoms with Crippen molar-refractivity contribution in [1.82, 2.24) is 0 Å². The van der Waals surface area contributed by atoms with Crippen molar-refractivity contribution in [1.29, 1.82) is 0 Å². The summed E-state index contributed by atoms with van der Waals surface area (Å²) in [5.74, 6) is 0. The highest BCUT2D eigenvalue weighted by Gasteiger charge is 2.22. The van der Waals surface area contributed by atoms with Gasteiger partial charge in [-0.3, -0.25) is 0 Å². The lowest BCUT2D eigenvalue weighted by Crippen LogP contribution is -2.21. The minimum absolute atomic E-state index is 0.0465. The summed E-state index contributed by atoms with van der Waals surface area (Å²) in [5.41, 5.74) is 1.44. The Morgan fingerprint density at radius 3 is 2.43 bits per heavy atom. The van der Waals surface area contributed by atoms with E-state index in [2.05, 4.69) is 44.7 Å². The van der Waals surface area contributed by atoms with Gasteiger partial charge in [0, 0.05) is 0 Å². The summed E-state index contributed by atoms with van der Waals surface area (Å²) in [4.78, 5) is 0. The van der Waals surface area contributed by atoms with Gasteiger partial charge >= 0.3 is 0 Å². The van der Waals surface area contributed by atoms with Gasteiger partial charge in [-0.2, -0.15) is 0 Å². The van der Waals surface area contributed by atoms with Crippen molar-refractivity contribution in [3.8, 4) is 0 Å². The molecule has 0 spiro atoms. The van der Waals surface area contributed by atoms with E-state index in [0.29, 0.717) is 0 Å². The molecule has 0 N–H and O–H groups in total. The van der Waals surface area contributed by atoms with Crippen LogP contribution in [0, 0.1) is 0 Å². The monoisotopic (exact) mass is 208 g/mol. The fraction of sp³-hybridized carbons (Fsp3) is 0.385. The molecule has 0 bridgehead atoms. The third kappa shape index (κ3) is 2.88. The number of allylic oxidation sites excluding steroid dienone is 1. The Balaban J connectivity index is 2.80. The van der Waals surface area contributed by atoms with Crippen LogP contribution in [-0.2, 0) is 5.41 Å². The SMILES string of the molecule is C=CC(Cl)CC(C)(C)c1ccccc1. The summed E-state index contributed by atoms with van der Waals surface area (Å²) in [6, 6.07) is 10.5. The normalized spacial score (nSPS) is 13.6. The second-order valence-electron chi connectivity index (χ2n) is 4.21. The predicted molar refractivity (Wildman–Crippen MR) is 63.9 cm³/mol. The van der Waals surface area contributed by atoms with E-state index < -0.39 is 0 Å². The molecule has 0 radical (unpaired) electrons. The zero-order valence-electron chi connectivity index (χ0n) is 8.83. The molecule has 0 nitrogen and oxygen atoms in total. The molecule has 0 fully saturated rings. The molecule has 0 saturated carbocycles. The minimum atomic E-state index is 0.0465. The van der Waals surface area contributed by atoms with Gasteiger partial charge in [0.15, 0.2) is 0 Å². The average molecular weight is 209 g/mol. The molecule has 14 heavy (non-hydrogen) atoms. The van der Waals surface area contributed by atoms with Crippen LogP contribution in [0.5, 0.6) is 0 Å². The van der Waals surface area contributed by atoms with Crippen molar-refractivity contribution in [2.45, 2.75) is 31.1 Å². The third-order valence-electron chi connectivity index (χ3n) is 2.52. The molecule has 1 aromatic carbocycles. The summed E-state index contributed by atoms with van der Waals surface area (Å²) in [7, 11) is 0. The van der Waals surface area contributed by atoms with Crippen molar-refractivity contribution in [2.75, 3.05) is 0 Å². The third-order valence-corrected chi connectivity index (χ3v) is 2.85. The molecule has 1 unspecified atom stereocenters. The maximum atomic E-state index is 6.08. The fourth-order valence-corrected chi connectivity index (χ4v) is 1.96. The van der Waals surface area contributed by atoms with Gasteiger partial charge in [-0.15, -0.1) is 18.2 Å². The lowest BCUT2D eigenvalue weighted by atomic mass is 9.80. The first-order chi connectivity index (χ1) is 6.56. The van der Waals surface area contributed by atoms with Gasteiger partial charge < -0.3 is 0 Å². The first-order valence-electron chi connectivity index (χ1n) is 4.88. The van der Waals surface area contributed by atoms with Crippen LogP contribution >= 0.6 is 11.6 Å². The van der Waals surface area contributed by atoms with E-state index in [9.17, 15) is 0 Å². The highest BCUT2D eigenvalue weighted by Crippen LogP contribution is 2.29. The number of hydrogen-bond donors (Lipinski definition) is 0. The van der Waals surface area contributed by atoms with Gasteiger partial charge in [0.25, 0.3) is 0 Å². The number of halogens is 1. The van der Waals surface area contributed by atoms with Gasteiger partial charge in [0.2, 0.25) is 0 Å². The van der Waals surface area contributed by atoms with Crippen molar-refractivity contribution in [3.05, 3.63) is 48.6 Å². The lowest BCUT2D eigenvalue weighted by Gasteiger charge is -2.26. The Morgan fingerprint density at radius 2 is 1.93 bits per heavy atom. The molecule has 1 heteroatoms. The van der Waals surface area contributed by atoms with Crippen molar-refractivity contribution >= 4 is 11.6 Å². The quantitative estimate of drug-likeness (QED) is 0.515. The van der Waals surface area contributed by atoms with Gasteiger partial charge in [0.1, 0.15) is 0 Å². The van der Waals surface area contributed by atoms with E-state index in [-0.39, 0.29) is 10.8 Å². The molecule has 76 valence electrons. The Hall–Kier alpha value is -0.750. The average Bonchev–Trinajstić information content (AvgIpc) is 2.18. The Bertz CT molecular complexity index is 287. The maximum absolute atomic E-state index is 6.08. The smallest absolute Gasteiger partial charge is 0.0521 e. The lowest BCUT2D eigenvalue weighted by molar-refractivity contribution is 0.488. The molecular formula is C13H17Cl. The predicted octanol–water partition coefficient (Wildman–Crippen LogP) is 4.15. The molecule has 0 saturated heterocycles. The Kier molecular flexibility index (Phi) is 3.77. The molecule has 1 rings (SSSR count). The van der Waals surface area contributed by atoms with E-state index in [4.69, 9.17) is 11.6 Å². The van der Waals surface area contributed by atoms with Crippen LogP contribution in [0.25, 0.3) is 0 Å². The van der Waals surface area contributed by atoms with Gasteiger partial charge in [0.05, 0.1) is 5.38 Å². The number of alkyl halides is 1. The van der Waals surface area contributed by atoms with E-state index in [1.807, 2.05) is 6.07 Å². The van der Waals surface area contributed by atoms with E-state index in [1.54, 1.807) is 6.08 Å². The standard InChI is InChI=1S/C13H17Cl/c1-4-12(14)10-13(2,3)11-8-6-5-7-9-11/h4-9,12H,1,10H2,2-3H3.